The van der Waals surface area contributed by atoms with E-state index in [4.69, 9.17) is 4.42 Å². The van der Waals surface area contributed by atoms with Gasteiger partial charge in [-0.1, -0.05) is 19.9 Å². The average molecular weight is 375 g/mol. The monoisotopic (exact) mass is 375 g/mol. The molecule has 1 amide bonds. The van der Waals surface area contributed by atoms with Crippen molar-refractivity contribution >= 4 is 34.8 Å². The van der Waals surface area contributed by atoms with Crippen molar-refractivity contribution < 1.29 is 18.8 Å². The van der Waals surface area contributed by atoms with Crippen LogP contribution in [0.3, 0.4) is 0 Å². The first-order valence-electron chi connectivity index (χ1n) is 8.56. The molecule has 1 fully saturated rings. The fourth-order valence-electron chi connectivity index (χ4n) is 2.95. The number of amides is 1. The van der Waals surface area contributed by atoms with Crippen molar-refractivity contribution in [1.82, 2.24) is 10.3 Å². The Kier molecular flexibility index (Phi) is 5.51. The van der Waals surface area contributed by atoms with E-state index in [0.717, 1.165) is 4.88 Å². The van der Waals surface area contributed by atoms with E-state index in [0.29, 0.717) is 18.7 Å². The van der Waals surface area contributed by atoms with Crippen molar-refractivity contribution in [3.05, 3.63) is 23.7 Å². The molecule has 8 heteroatoms. The number of carbonyl (C=O) groups is 3. The lowest BCUT2D eigenvalue weighted by molar-refractivity contribution is -0.143. The van der Waals surface area contributed by atoms with E-state index < -0.39 is 23.7 Å². The highest BCUT2D eigenvalue weighted by Gasteiger charge is 2.34. The fraction of sp³-hybridized carbons (Fsp3) is 0.444. The molecule has 2 unspecified atom stereocenters. The zero-order valence-electron chi connectivity index (χ0n) is 14.7. The van der Waals surface area contributed by atoms with Crippen LogP contribution in [0.4, 0.5) is 6.01 Å². The molecule has 0 radical (unpaired) electrons. The van der Waals surface area contributed by atoms with Crippen molar-refractivity contribution in [2.75, 3.05) is 11.9 Å². The molecule has 0 aliphatic carbocycles. The Bertz CT molecular complexity index is 797. The second kappa shape index (κ2) is 7.82. The first-order valence-corrected chi connectivity index (χ1v) is 9.44. The first-order chi connectivity index (χ1) is 12.5. The molecule has 2 aromatic heterocycles. The SMILES string of the molecule is CC(C)C(Nc1ncc(-c2cccs2)o1)C(=O)CC1CCNC(=O)C1=O. The number of rotatable bonds is 7. The number of anilines is 1. The second-order valence-corrected chi connectivity index (χ2v) is 7.60. The fourth-order valence-corrected chi connectivity index (χ4v) is 3.63. The number of Topliss-reactive ketones (excluding diaryl/α,β-unsaturated/α-hetero) is 2. The van der Waals surface area contributed by atoms with Gasteiger partial charge in [-0.3, -0.25) is 14.4 Å². The largest absolute Gasteiger partial charge is 0.423 e. The zero-order valence-corrected chi connectivity index (χ0v) is 15.5. The standard InChI is InChI=1S/C18H21N3O4S/c1-10(2)15(12(22)8-11-5-6-19-17(24)16(11)23)21-18-20-9-13(25-18)14-4-3-7-26-14/h3-4,7,9-11,15H,5-6,8H2,1-2H3,(H,19,24)(H,20,21). The molecule has 1 aliphatic rings. The van der Waals surface area contributed by atoms with Crippen LogP contribution in [0.25, 0.3) is 10.6 Å². The van der Waals surface area contributed by atoms with E-state index in [-0.39, 0.29) is 24.1 Å². The number of aromatic nitrogens is 1. The summed E-state index contributed by atoms with van der Waals surface area (Å²) in [7, 11) is 0. The van der Waals surface area contributed by atoms with Gasteiger partial charge in [-0.05, 0) is 23.8 Å². The molecule has 7 nitrogen and oxygen atoms in total. The number of hydrogen-bond acceptors (Lipinski definition) is 7. The predicted octanol–water partition coefficient (Wildman–Crippen LogP) is 2.50. The van der Waals surface area contributed by atoms with Gasteiger partial charge in [-0.2, -0.15) is 0 Å². The minimum Gasteiger partial charge on any atom is -0.423 e. The van der Waals surface area contributed by atoms with Gasteiger partial charge in [0.25, 0.3) is 11.9 Å². The number of piperidine rings is 1. The van der Waals surface area contributed by atoms with E-state index in [1.807, 2.05) is 31.4 Å². The van der Waals surface area contributed by atoms with E-state index in [1.165, 1.54) is 0 Å². The summed E-state index contributed by atoms with van der Waals surface area (Å²) in [5.41, 5.74) is 0. The summed E-state index contributed by atoms with van der Waals surface area (Å²) in [4.78, 5) is 41.3. The van der Waals surface area contributed by atoms with Crippen LogP contribution in [0.2, 0.25) is 0 Å². The molecule has 2 atom stereocenters. The van der Waals surface area contributed by atoms with Crippen LogP contribution in [-0.2, 0) is 14.4 Å². The molecule has 3 rings (SSSR count). The number of nitrogens with one attached hydrogen (secondary N) is 2. The van der Waals surface area contributed by atoms with Gasteiger partial charge in [0.1, 0.15) is 0 Å². The maximum absolute atomic E-state index is 12.7. The van der Waals surface area contributed by atoms with Gasteiger partial charge in [0.15, 0.2) is 11.5 Å². The van der Waals surface area contributed by atoms with Gasteiger partial charge >= 0.3 is 0 Å². The van der Waals surface area contributed by atoms with Crippen LogP contribution in [0.1, 0.15) is 26.7 Å². The van der Waals surface area contributed by atoms with E-state index in [2.05, 4.69) is 15.6 Å². The molecular weight excluding hydrogens is 354 g/mol. The Morgan fingerprint density at radius 1 is 1.46 bits per heavy atom. The van der Waals surface area contributed by atoms with Gasteiger partial charge in [0, 0.05) is 18.9 Å². The van der Waals surface area contributed by atoms with Crippen molar-refractivity contribution in [3.8, 4) is 10.6 Å². The molecule has 26 heavy (non-hydrogen) atoms. The highest BCUT2D eigenvalue weighted by Crippen LogP contribution is 2.27. The average Bonchev–Trinajstić information content (AvgIpc) is 3.27. The third-order valence-electron chi connectivity index (χ3n) is 4.38. The Labute approximate surface area is 155 Å². The summed E-state index contributed by atoms with van der Waals surface area (Å²) in [5.74, 6) is -1.17. The van der Waals surface area contributed by atoms with Crippen LogP contribution < -0.4 is 10.6 Å². The van der Waals surface area contributed by atoms with Gasteiger partial charge in [0.2, 0.25) is 5.78 Å². The molecule has 138 valence electrons. The molecule has 2 aromatic rings. The molecule has 0 aromatic carbocycles. The van der Waals surface area contributed by atoms with E-state index >= 15 is 0 Å². The summed E-state index contributed by atoms with van der Waals surface area (Å²) < 4.78 is 5.69. The topological polar surface area (TPSA) is 101 Å². The molecule has 3 heterocycles. The van der Waals surface area contributed by atoms with Crippen molar-refractivity contribution in [2.45, 2.75) is 32.7 Å². The summed E-state index contributed by atoms with van der Waals surface area (Å²) in [5, 5.41) is 7.49. The van der Waals surface area contributed by atoms with Crippen molar-refractivity contribution in [3.63, 3.8) is 0 Å². The molecule has 0 saturated carbocycles. The Morgan fingerprint density at radius 2 is 2.27 bits per heavy atom. The maximum atomic E-state index is 12.7. The Hall–Kier alpha value is -2.48. The minimum absolute atomic E-state index is 0.0212. The number of oxazole rings is 1. The second-order valence-electron chi connectivity index (χ2n) is 6.65. The lowest BCUT2D eigenvalue weighted by Crippen LogP contribution is -2.45. The number of nitrogens with zero attached hydrogens (tertiary/aromatic N) is 1. The van der Waals surface area contributed by atoms with Gasteiger partial charge < -0.3 is 15.1 Å². The highest BCUT2D eigenvalue weighted by molar-refractivity contribution is 7.13. The summed E-state index contributed by atoms with van der Waals surface area (Å²) in [6, 6.07) is 3.59. The molecule has 2 N–H and O–H groups in total. The smallest absolute Gasteiger partial charge is 0.295 e. The lowest BCUT2D eigenvalue weighted by atomic mass is 9.87. The van der Waals surface area contributed by atoms with Crippen LogP contribution >= 0.6 is 11.3 Å². The number of ketones is 2. The van der Waals surface area contributed by atoms with Crippen molar-refractivity contribution in [1.29, 1.82) is 0 Å². The maximum Gasteiger partial charge on any atom is 0.295 e. The van der Waals surface area contributed by atoms with Crippen LogP contribution in [0, 0.1) is 11.8 Å². The first kappa shape index (κ1) is 18.3. The van der Waals surface area contributed by atoms with E-state index in [9.17, 15) is 14.4 Å². The van der Waals surface area contributed by atoms with Gasteiger partial charge in [0.05, 0.1) is 17.1 Å². The van der Waals surface area contributed by atoms with Gasteiger partial charge in [-0.15, -0.1) is 11.3 Å². The molecule has 1 aliphatic heterocycles. The number of thiophene rings is 1. The normalized spacial score (nSPS) is 18.7. The Balaban J connectivity index is 1.68. The molecule has 1 saturated heterocycles. The minimum atomic E-state index is -0.601. The third kappa shape index (κ3) is 4.01. The highest BCUT2D eigenvalue weighted by atomic mass is 32.1. The molecule has 0 spiro atoms. The zero-order chi connectivity index (χ0) is 18.7. The van der Waals surface area contributed by atoms with Gasteiger partial charge in [-0.25, -0.2) is 4.98 Å². The lowest BCUT2D eigenvalue weighted by Gasteiger charge is -2.24. The number of hydrogen-bond donors (Lipinski definition) is 2. The quantitative estimate of drug-likeness (QED) is 0.721. The summed E-state index contributed by atoms with van der Waals surface area (Å²) >= 11 is 1.54. The molecular formula is C18H21N3O4S. The van der Waals surface area contributed by atoms with E-state index in [1.54, 1.807) is 17.5 Å². The summed E-state index contributed by atoms with van der Waals surface area (Å²) in [6.07, 6.45) is 2.15. The third-order valence-corrected chi connectivity index (χ3v) is 5.27. The van der Waals surface area contributed by atoms with Crippen LogP contribution in [0.15, 0.2) is 28.1 Å². The van der Waals surface area contributed by atoms with Crippen LogP contribution in [-0.4, -0.2) is 35.0 Å². The van der Waals surface area contributed by atoms with Crippen LogP contribution in [0.5, 0.6) is 0 Å². The summed E-state index contributed by atoms with van der Waals surface area (Å²) in [6.45, 7) is 4.24. The molecule has 0 bridgehead atoms. The predicted molar refractivity (Wildman–Crippen MR) is 97.8 cm³/mol. The van der Waals surface area contributed by atoms with Crippen molar-refractivity contribution in [2.24, 2.45) is 11.8 Å². The Morgan fingerprint density at radius 3 is 2.96 bits per heavy atom. The number of carbonyl (C=O) groups excluding carboxylic acids is 3.